The maximum Gasteiger partial charge on any atom is 0.239 e. The molecule has 0 radical (unpaired) electrons. The van der Waals surface area contributed by atoms with E-state index in [1.54, 1.807) is 11.0 Å². The number of aryl methyl sites for hydroxylation is 1. The van der Waals surface area contributed by atoms with Gasteiger partial charge < -0.3 is 16.0 Å². The first kappa shape index (κ1) is 10.9. The average Bonchev–Trinajstić information content (AvgIpc) is 2.73. The first-order valence-corrected chi connectivity index (χ1v) is 5.39. The molecule has 0 bridgehead atoms. The van der Waals surface area contributed by atoms with Crippen LogP contribution in [-0.4, -0.2) is 51.8 Å². The molecular formula is C9H16N6O. The number of piperazine rings is 1. The second-order valence-corrected chi connectivity index (χ2v) is 3.75. The molecule has 7 heteroatoms. The van der Waals surface area contributed by atoms with E-state index >= 15 is 0 Å². The van der Waals surface area contributed by atoms with Gasteiger partial charge in [-0.1, -0.05) is 0 Å². The highest BCUT2D eigenvalue weighted by Crippen LogP contribution is 1.99. The normalized spacial score (nSPS) is 16.4. The fraction of sp³-hybridized carbons (Fsp3) is 0.667. The number of hydrogen-bond donors (Lipinski definition) is 2. The monoisotopic (exact) mass is 224 g/mol. The molecule has 1 amide bonds. The Labute approximate surface area is 93.6 Å². The zero-order valence-corrected chi connectivity index (χ0v) is 9.09. The van der Waals surface area contributed by atoms with Crippen LogP contribution in [-0.2, 0) is 11.3 Å². The van der Waals surface area contributed by atoms with Crippen molar-refractivity contribution >= 4 is 11.9 Å². The van der Waals surface area contributed by atoms with E-state index in [0.29, 0.717) is 13.0 Å². The van der Waals surface area contributed by atoms with E-state index in [4.69, 9.17) is 5.73 Å². The summed E-state index contributed by atoms with van der Waals surface area (Å²) in [4.78, 5) is 17.5. The Balaban J connectivity index is 1.78. The molecule has 1 saturated heterocycles. The van der Waals surface area contributed by atoms with Crippen molar-refractivity contribution in [1.29, 1.82) is 0 Å². The summed E-state index contributed by atoms with van der Waals surface area (Å²) in [6.07, 6.45) is 1.99. The number of nitrogens with two attached hydrogens (primary N) is 1. The van der Waals surface area contributed by atoms with E-state index in [-0.39, 0.29) is 11.9 Å². The number of carbonyl (C=O) groups excluding carboxylic acids is 1. The second-order valence-electron chi connectivity index (χ2n) is 3.75. The number of aromatic nitrogens is 3. The van der Waals surface area contributed by atoms with Crippen LogP contribution in [0.25, 0.3) is 0 Å². The highest BCUT2D eigenvalue weighted by atomic mass is 16.2. The van der Waals surface area contributed by atoms with Crippen LogP contribution < -0.4 is 11.1 Å². The number of carbonyl (C=O) groups is 1. The highest BCUT2D eigenvalue weighted by molar-refractivity contribution is 5.76. The van der Waals surface area contributed by atoms with Crippen molar-refractivity contribution in [2.24, 2.45) is 0 Å². The minimum absolute atomic E-state index is 0.163. The van der Waals surface area contributed by atoms with E-state index in [0.717, 1.165) is 26.2 Å². The lowest BCUT2D eigenvalue weighted by Crippen LogP contribution is -2.46. The molecule has 1 fully saturated rings. The third-order valence-electron chi connectivity index (χ3n) is 2.58. The first-order valence-electron chi connectivity index (χ1n) is 5.39. The molecule has 0 saturated carbocycles. The molecule has 7 nitrogen and oxygen atoms in total. The molecule has 2 heterocycles. The average molecular weight is 224 g/mol. The van der Waals surface area contributed by atoms with Gasteiger partial charge in [0.15, 0.2) is 0 Å². The predicted octanol–water partition coefficient (Wildman–Crippen LogP) is -1.32. The van der Waals surface area contributed by atoms with Gasteiger partial charge in [0, 0.05) is 32.6 Å². The highest BCUT2D eigenvalue weighted by Gasteiger charge is 2.15. The van der Waals surface area contributed by atoms with E-state index in [9.17, 15) is 4.79 Å². The maximum absolute atomic E-state index is 11.8. The Morgan fingerprint density at radius 1 is 1.50 bits per heavy atom. The van der Waals surface area contributed by atoms with Crippen LogP contribution in [0.3, 0.4) is 0 Å². The molecular weight excluding hydrogens is 208 g/mol. The van der Waals surface area contributed by atoms with Crippen LogP contribution in [0.5, 0.6) is 0 Å². The summed E-state index contributed by atoms with van der Waals surface area (Å²) in [5, 5.41) is 7.14. The molecule has 0 spiro atoms. The van der Waals surface area contributed by atoms with Crippen molar-refractivity contribution in [3.8, 4) is 0 Å². The Hall–Kier alpha value is -1.63. The number of amides is 1. The summed E-state index contributed by atoms with van der Waals surface area (Å²) in [7, 11) is 0. The van der Waals surface area contributed by atoms with Gasteiger partial charge in [-0.05, 0) is 0 Å². The first-order chi connectivity index (χ1) is 7.75. The lowest BCUT2D eigenvalue weighted by Gasteiger charge is -2.27. The Kier molecular flexibility index (Phi) is 3.35. The van der Waals surface area contributed by atoms with Crippen molar-refractivity contribution in [3.05, 3.63) is 6.33 Å². The fourth-order valence-corrected chi connectivity index (χ4v) is 1.70. The number of nitrogens with one attached hydrogen (secondary N) is 1. The standard InChI is InChI=1S/C9H16N6O/c10-9-12-7-15(13-9)4-1-8(16)14-5-2-11-3-6-14/h7,11H,1-6H2,(H2,10,13). The predicted molar refractivity (Wildman–Crippen MR) is 58.5 cm³/mol. The smallest absolute Gasteiger partial charge is 0.239 e. The van der Waals surface area contributed by atoms with Crippen molar-refractivity contribution in [3.63, 3.8) is 0 Å². The summed E-state index contributed by atoms with van der Waals surface area (Å²) in [5.41, 5.74) is 5.38. The van der Waals surface area contributed by atoms with Gasteiger partial charge in [-0.2, -0.15) is 0 Å². The van der Waals surface area contributed by atoms with Gasteiger partial charge in [-0.3, -0.25) is 9.48 Å². The van der Waals surface area contributed by atoms with Crippen LogP contribution in [0.1, 0.15) is 6.42 Å². The number of hydrogen-bond acceptors (Lipinski definition) is 5. The van der Waals surface area contributed by atoms with Crippen LogP contribution in [0.2, 0.25) is 0 Å². The molecule has 1 aromatic rings. The molecule has 88 valence electrons. The van der Waals surface area contributed by atoms with Gasteiger partial charge in [-0.15, -0.1) is 5.10 Å². The van der Waals surface area contributed by atoms with Gasteiger partial charge >= 0.3 is 0 Å². The maximum atomic E-state index is 11.8. The molecule has 16 heavy (non-hydrogen) atoms. The SMILES string of the molecule is Nc1ncn(CCC(=O)N2CCNCC2)n1. The lowest BCUT2D eigenvalue weighted by molar-refractivity contribution is -0.132. The van der Waals surface area contributed by atoms with Crippen LogP contribution in [0, 0.1) is 0 Å². The van der Waals surface area contributed by atoms with E-state index < -0.39 is 0 Å². The number of anilines is 1. The molecule has 3 N–H and O–H groups in total. The van der Waals surface area contributed by atoms with E-state index in [1.165, 1.54) is 0 Å². The van der Waals surface area contributed by atoms with Gasteiger partial charge in [-0.25, -0.2) is 4.98 Å². The summed E-state index contributed by atoms with van der Waals surface area (Å²) in [6.45, 7) is 3.87. The second kappa shape index (κ2) is 4.93. The van der Waals surface area contributed by atoms with E-state index in [1.807, 2.05) is 4.90 Å². The number of nitrogens with zero attached hydrogens (tertiary/aromatic N) is 4. The molecule has 0 unspecified atom stereocenters. The molecule has 1 aliphatic heterocycles. The third-order valence-corrected chi connectivity index (χ3v) is 2.58. The van der Waals surface area contributed by atoms with Crippen LogP contribution in [0.4, 0.5) is 5.95 Å². The molecule has 0 aliphatic carbocycles. The minimum Gasteiger partial charge on any atom is -0.367 e. The van der Waals surface area contributed by atoms with Gasteiger partial charge in [0.1, 0.15) is 6.33 Å². The fourth-order valence-electron chi connectivity index (χ4n) is 1.70. The van der Waals surface area contributed by atoms with Crippen molar-refractivity contribution in [1.82, 2.24) is 25.0 Å². The quantitative estimate of drug-likeness (QED) is 0.665. The van der Waals surface area contributed by atoms with Crippen LogP contribution >= 0.6 is 0 Å². The third kappa shape index (κ3) is 2.69. The van der Waals surface area contributed by atoms with Crippen molar-refractivity contribution in [2.45, 2.75) is 13.0 Å². The number of nitrogen functional groups attached to an aromatic ring is 1. The van der Waals surface area contributed by atoms with Gasteiger partial charge in [0.25, 0.3) is 0 Å². The molecule has 2 rings (SSSR count). The topological polar surface area (TPSA) is 89.1 Å². The number of rotatable bonds is 3. The Morgan fingerprint density at radius 2 is 2.25 bits per heavy atom. The molecule has 1 aromatic heterocycles. The minimum atomic E-state index is 0.163. The molecule has 0 atom stereocenters. The van der Waals surface area contributed by atoms with Crippen LogP contribution in [0.15, 0.2) is 6.33 Å². The summed E-state index contributed by atoms with van der Waals surface area (Å²) in [5.74, 6) is 0.408. The zero-order chi connectivity index (χ0) is 11.4. The summed E-state index contributed by atoms with van der Waals surface area (Å²) < 4.78 is 1.59. The Bertz CT molecular complexity index is 357. The zero-order valence-electron chi connectivity index (χ0n) is 9.09. The summed E-state index contributed by atoms with van der Waals surface area (Å²) >= 11 is 0. The van der Waals surface area contributed by atoms with Crippen molar-refractivity contribution in [2.75, 3.05) is 31.9 Å². The van der Waals surface area contributed by atoms with Gasteiger partial charge in [0.05, 0.1) is 6.54 Å². The van der Waals surface area contributed by atoms with E-state index in [2.05, 4.69) is 15.4 Å². The lowest BCUT2D eigenvalue weighted by atomic mass is 10.3. The largest absolute Gasteiger partial charge is 0.367 e. The molecule has 1 aliphatic rings. The van der Waals surface area contributed by atoms with Crippen molar-refractivity contribution < 1.29 is 4.79 Å². The van der Waals surface area contributed by atoms with Gasteiger partial charge in [0.2, 0.25) is 11.9 Å². The molecule has 0 aromatic carbocycles. The Morgan fingerprint density at radius 3 is 2.88 bits per heavy atom. The summed E-state index contributed by atoms with van der Waals surface area (Å²) in [6, 6.07) is 0.